The quantitative estimate of drug-likeness (QED) is 0.612. The molecule has 0 heterocycles. The highest BCUT2D eigenvalue weighted by Crippen LogP contribution is 2.12. The van der Waals surface area contributed by atoms with Crippen molar-refractivity contribution in [3.63, 3.8) is 0 Å². The number of hydrogen-bond donors (Lipinski definition) is 1. The second-order valence-electron chi connectivity index (χ2n) is 4.49. The maximum Gasteiger partial charge on any atom is 0.224 e. The Balaban J connectivity index is 1.84. The van der Waals surface area contributed by atoms with Gasteiger partial charge in [0.05, 0.1) is 0 Å². The number of rotatable bonds is 5. The Bertz CT molecular complexity index is 638. The predicted octanol–water partition coefficient (Wildman–Crippen LogP) is 4.03. The van der Waals surface area contributed by atoms with Crippen molar-refractivity contribution in [3.05, 3.63) is 63.5 Å². The van der Waals surface area contributed by atoms with Crippen LogP contribution in [0.4, 0.5) is 10.1 Å². The van der Waals surface area contributed by atoms with Crippen LogP contribution in [-0.4, -0.2) is 11.7 Å². The number of anilines is 1. The number of hydrogen-bond acceptors (Lipinski definition) is 2. The third-order valence-corrected chi connectivity index (χ3v) is 3.59. The third-order valence-electron chi connectivity index (χ3n) is 2.87. The van der Waals surface area contributed by atoms with Crippen molar-refractivity contribution >= 4 is 40.0 Å². The fourth-order valence-corrected chi connectivity index (χ4v) is 2.12. The second kappa shape index (κ2) is 7.31. The largest absolute Gasteiger partial charge is 0.326 e. The van der Waals surface area contributed by atoms with E-state index in [9.17, 15) is 14.0 Å². The monoisotopic (exact) mass is 397 g/mol. The highest BCUT2D eigenvalue weighted by molar-refractivity contribution is 14.1. The van der Waals surface area contributed by atoms with E-state index in [2.05, 4.69) is 27.9 Å². The van der Waals surface area contributed by atoms with Gasteiger partial charge in [-0.2, -0.15) is 0 Å². The lowest BCUT2D eigenvalue weighted by Crippen LogP contribution is -2.13. The van der Waals surface area contributed by atoms with Crippen LogP contribution in [0, 0.1) is 9.39 Å². The minimum absolute atomic E-state index is 0.0688. The van der Waals surface area contributed by atoms with Crippen LogP contribution in [0.5, 0.6) is 0 Å². The molecule has 0 aromatic heterocycles. The van der Waals surface area contributed by atoms with Crippen molar-refractivity contribution in [2.45, 2.75) is 12.8 Å². The van der Waals surface area contributed by atoms with Crippen LogP contribution in [0.3, 0.4) is 0 Å². The van der Waals surface area contributed by atoms with Crippen LogP contribution in [0.25, 0.3) is 0 Å². The molecular weight excluding hydrogens is 384 g/mol. The van der Waals surface area contributed by atoms with E-state index in [0.717, 1.165) is 3.57 Å². The number of carbonyl (C=O) groups is 2. The molecule has 5 heteroatoms. The number of Topliss-reactive ketones (excluding diaryl/α,β-unsaturated/α-hetero) is 1. The maximum atomic E-state index is 12.7. The first-order valence-corrected chi connectivity index (χ1v) is 7.46. The smallest absolute Gasteiger partial charge is 0.224 e. The molecule has 2 rings (SSSR count). The van der Waals surface area contributed by atoms with Gasteiger partial charge in [0.15, 0.2) is 5.78 Å². The first kappa shape index (κ1) is 15.6. The Morgan fingerprint density at radius 1 is 0.952 bits per heavy atom. The number of nitrogens with one attached hydrogen (secondary N) is 1. The van der Waals surface area contributed by atoms with Crippen molar-refractivity contribution in [1.29, 1.82) is 0 Å². The van der Waals surface area contributed by atoms with E-state index in [1.807, 2.05) is 12.1 Å². The van der Waals surface area contributed by atoms with Gasteiger partial charge in [-0.05, 0) is 59.0 Å². The number of halogens is 2. The lowest BCUT2D eigenvalue weighted by Gasteiger charge is -2.05. The van der Waals surface area contributed by atoms with Gasteiger partial charge in [-0.3, -0.25) is 9.59 Å². The minimum Gasteiger partial charge on any atom is -0.326 e. The Kier molecular flexibility index (Phi) is 5.44. The van der Waals surface area contributed by atoms with E-state index >= 15 is 0 Å². The van der Waals surface area contributed by atoms with Crippen molar-refractivity contribution in [2.24, 2.45) is 0 Å². The van der Waals surface area contributed by atoms with Gasteiger partial charge in [-0.15, -0.1) is 0 Å². The zero-order valence-electron chi connectivity index (χ0n) is 11.1. The highest BCUT2D eigenvalue weighted by Gasteiger charge is 2.09. The predicted molar refractivity (Wildman–Crippen MR) is 87.8 cm³/mol. The Morgan fingerprint density at radius 3 is 2.19 bits per heavy atom. The number of benzene rings is 2. The number of amides is 1. The van der Waals surface area contributed by atoms with Crippen LogP contribution in [-0.2, 0) is 4.79 Å². The first-order chi connectivity index (χ1) is 10.0. The molecule has 0 atom stereocenters. The maximum absolute atomic E-state index is 12.7. The molecule has 0 saturated heterocycles. The van der Waals surface area contributed by atoms with Crippen molar-refractivity contribution in [1.82, 2.24) is 0 Å². The molecule has 0 saturated carbocycles. The molecule has 21 heavy (non-hydrogen) atoms. The molecule has 0 unspecified atom stereocenters. The molecule has 2 aromatic carbocycles. The summed E-state index contributed by atoms with van der Waals surface area (Å²) in [6.45, 7) is 0. The van der Waals surface area contributed by atoms with Crippen LogP contribution in [0.1, 0.15) is 23.2 Å². The summed E-state index contributed by atoms with van der Waals surface area (Å²) in [4.78, 5) is 23.7. The van der Waals surface area contributed by atoms with Gasteiger partial charge in [0, 0.05) is 27.7 Å². The summed E-state index contributed by atoms with van der Waals surface area (Å²) in [5.74, 6) is -0.692. The van der Waals surface area contributed by atoms with Crippen molar-refractivity contribution in [3.8, 4) is 0 Å². The summed E-state index contributed by atoms with van der Waals surface area (Å²) in [5, 5.41) is 2.63. The zero-order chi connectivity index (χ0) is 15.2. The van der Waals surface area contributed by atoms with E-state index in [0.29, 0.717) is 11.3 Å². The van der Waals surface area contributed by atoms with Crippen LogP contribution < -0.4 is 5.32 Å². The van der Waals surface area contributed by atoms with E-state index in [1.165, 1.54) is 24.3 Å². The fourth-order valence-electron chi connectivity index (χ4n) is 1.76. The highest BCUT2D eigenvalue weighted by atomic mass is 127. The summed E-state index contributed by atoms with van der Waals surface area (Å²) in [7, 11) is 0. The molecule has 0 bridgehead atoms. The van der Waals surface area contributed by atoms with Gasteiger partial charge in [0.2, 0.25) is 5.91 Å². The van der Waals surface area contributed by atoms with Crippen molar-refractivity contribution < 1.29 is 14.0 Å². The molecule has 2 aromatic rings. The normalized spacial score (nSPS) is 10.2. The molecule has 0 fully saturated rings. The lowest BCUT2D eigenvalue weighted by atomic mass is 10.1. The Hall–Kier alpha value is -1.76. The molecular formula is C16H13FINO2. The summed E-state index contributed by atoms with van der Waals surface area (Å²) < 4.78 is 13.8. The molecule has 0 spiro atoms. The summed E-state index contributed by atoms with van der Waals surface area (Å²) >= 11 is 2.16. The Morgan fingerprint density at radius 2 is 1.57 bits per heavy atom. The fraction of sp³-hybridized carbons (Fsp3) is 0.125. The van der Waals surface area contributed by atoms with Gasteiger partial charge in [-0.25, -0.2) is 4.39 Å². The van der Waals surface area contributed by atoms with Crippen LogP contribution in [0.15, 0.2) is 48.5 Å². The van der Waals surface area contributed by atoms with Gasteiger partial charge in [-0.1, -0.05) is 12.1 Å². The molecule has 1 N–H and O–H groups in total. The molecule has 0 aliphatic heterocycles. The topological polar surface area (TPSA) is 46.2 Å². The molecule has 0 aliphatic carbocycles. The average molecular weight is 397 g/mol. The van der Waals surface area contributed by atoms with Gasteiger partial charge in [0.25, 0.3) is 0 Å². The van der Waals surface area contributed by atoms with Crippen LogP contribution in [0.2, 0.25) is 0 Å². The van der Waals surface area contributed by atoms with Gasteiger partial charge >= 0.3 is 0 Å². The summed E-state index contributed by atoms with van der Waals surface area (Å²) in [6.07, 6.45) is 0.246. The summed E-state index contributed by atoms with van der Waals surface area (Å²) in [5.41, 5.74) is 1.12. The minimum atomic E-state index is -0.359. The third kappa shape index (κ3) is 4.93. The second-order valence-corrected chi connectivity index (χ2v) is 5.73. The van der Waals surface area contributed by atoms with E-state index in [-0.39, 0.29) is 30.3 Å². The molecule has 108 valence electrons. The molecule has 1 amide bonds. The van der Waals surface area contributed by atoms with Gasteiger partial charge < -0.3 is 5.32 Å². The molecule has 3 nitrogen and oxygen atoms in total. The molecule has 0 radical (unpaired) electrons. The summed E-state index contributed by atoms with van der Waals surface area (Å²) in [6, 6.07) is 12.7. The van der Waals surface area contributed by atoms with Crippen LogP contribution >= 0.6 is 22.6 Å². The average Bonchev–Trinajstić information content (AvgIpc) is 2.48. The zero-order valence-corrected chi connectivity index (χ0v) is 13.3. The standard InChI is InChI=1S/C16H13FINO2/c17-12-3-7-14(8-4-12)19-16(21)10-9-15(20)11-1-5-13(18)6-2-11/h1-8H,9-10H2,(H,19,21). The van der Waals surface area contributed by atoms with E-state index in [4.69, 9.17) is 0 Å². The first-order valence-electron chi connectivity index (χ1n) is 6.39. The number of ketones is 1. The SMILES string of the molecule is O=C(CCC(=O)c1ccc(I)cc1)Nc1ccc(F)cc1. The Labute approximate surface area is 135 Å². The lowest BCUT2D eigenvalue weighted by molar-refractivity contribution is -0.116. The molecule has 0 aliphatic rings. The van der Waals surface area contributed by atoms with Crippen molar-refractivity contribution in [2.75, 3.05) is 5.32 Å². The van der Waals surface area contributed by atoms with Gasteiger partial charge in [0.1, 0.15) is 5.82 Å². The van der Waals surface area contributed by atoms with E-state index < -0.39 is 0 Å². The van der Waals surface area contributed by atoms with E-state index in [1.54, 1.807) is 12.1 Å². The number of carbonyl (C=O) groups excluding carboxylic acids is 2.